The standard InChI is InChI=1S/C31H63NO2/c1-7-10-23-31(24-11-8-2,25-12-9-3)26-18-16-14-13-15-17-22-30(4,5)34-29-27(32)20-19-21-28(29)33-6/h27-29H,7-26,32H2,1-6H3. The molecule has 0 amide bonds. The van der Waals surface area contributed by atoms with Crippen molar-refractivity contribution in [1.29, 1.82) is 0 Å². The first-order valence-corrected chi connectivity index (χ1v) is 15.3. The molecule has 204 valence electrons. The van der Waals surface area contributed by atoms with Crippen LogP contribution in [-0.2, 0) is 9.47 Å². The van der Waals surface area contributed by atoms with Gasteiger partial charge in [-0.2, -0.15) is 0 Å². The van der Waals surface area contributed by atoms with Crippen molar-refractivity contribution < 1.29 is 9.47 Å². The molecule has 1 aliphatic carbocycles. The van der Waals surface area contributed by atoms with Crippen LogP contribution in [0.15, 0.2) is 0 Å². The first-order valence-electron chi connectivity index (χ1n) is 15.3. The predicted octanol–water partition coefficient (Wildman–Crippen LogP) is 9.35. The van der Waals surface area contributed by atoms with Gasteiger partial charge in [-0.05, 0) is 70.6 Å². The second-order valence-electron chi connectivity index (χ2n) is 12.1. The Morgan fingerprint density at radius 1 is 0.676 bits per heavy atom. The highest BCUT2D eigenvalue weighted by Crippen LogP contribution is 2.41. The summed E-state index contributed by atoms with van der Waals surface area (Å²) in [6, 6.07) is 0.108. The van der Waals surface area contributed by atoms with Crippen molar-refractivity contribution in [3.8, 4) is 0 Å². The Morgan fingerprint density at radius 2 is 1.15 bits per heavy atom. The van der Waals surface area contributed by atoms with Gasteiger partial charge < -0.3 is 15.2 Å². The third-order valence-corrected chi connectivity index (χ3v) is 8.49. The maximum Gasteiger partial charge on any atom is 0.0994 e. The minimum atomic E-state index is -0.117. The van der Waals surface area contributed by atoms with E-state index in [0.29, 0.717) is 5.41 Å². The number of ether oxygens (including phenoxy) is 2. The van der Waals surface area contributed by atoms with Gasteiger partial charge in [0.05, 0.1) is 17.8 Å². The molecule has 1 saturated carbocycles. The molecule has 1 aliphatic rings. The number of methoxy groups -OCH3 is 1. The molecule has 2 N–H and O–H groups in total. The summed E-state index contributed by atoms with van der Waals surface area (Å²) in [4.78, 5) is 0. The van der Waals surface area contributed by atoms with Crippen LogP contribution >= 0.6 is 0 Å². The SMILES string of the molecule is CCCCC(CCCC)(CCCC)CCCCCCCCC(C)(C)OC1C(N)CCCC1OC. The minimum absolute atomic E-state index is 0.0436. The molecule has 0 heterocycles. The minimum Gasteiger partial charge on any atom is -0.379 e. The Morgan fingerprint density at radius 3 is 1.65 bits per heavy atom. The lowest BCUT2D eigenvalue weighted by molar-refractivity contribution is -0.150. The van der Waals surface area contributed by atoms with Crippen LogP contribution in [0.3, 0.4) is 0 Å². The van der Waals surface area contributed by atoms with Gasteiger partial charge in [0, 0.05) is 13.2 Å². The summed E-state index contributed by atoms with van der Waals surface area (Å²) in [5.74, 6) is 0. The van der Waals surface area contributed by atoms with Crippen molar-refractivity contribution in [1.82, 2.24) is 0 Å². The molecule has 0 aromatic carbocycles. The lowest BCUT2D eigenvalue weighted by Gasteiger charge is -2.40. The lowest BCUT2D eigenvalue weighted by Crippen LogP contribution is -2.52. The average Bonchev–Trinajstić information content (AvgIpc) is 2.82. The quantitative estimate of drug-likeness (QED) is 0.166. The van der Waals surface area contributed by atoms with Gasteiger partial charge in [-0.3, -0.25) is 0 Å². The number of nitrogens with two attached hydrogens (primary N) is 1. The molecule has 3 unspecified atom stereocenters. The van der Waals surface area contributed by atoms with E-state index in [4.69, 9.17) is 15.2 Å². The van der Waals surface area contributed by atoms with Gasteiger partial charge in [-0.15, -0.1) is 0 Å². The maximum absolute atomic E-state index is 6.52. The number of rotatable bonds is 21. The summed E-state index contributed by atoms with van der Waals surface area (Å²) in [5.41, 5.74) is 6.91. The van der Waals surface area contributed by atoms with Crippen molar-refractivity contribution in [3.63, 3.8) is 0 Å². The first kappa shape index (κ1) is 31.9. The fourth-order valence-electron chi connectivity index (χ4n) is 6.16. The monoisotopic (exact) mass is 481 g/mol. The third-order valence-electron chi connectivity index (χ3n) is 8.49. The Labute approximate surface area is 214 Å². The normalized spacial score (nSPS) is 21.8. The van der Waals surface area contributed by atoms with Gasteiger partial charge in [0.15, 0.2) is 0 Å². The van der Waals surface area contributed by atoms with Crippen LogP contribution in [0.1, 0.15) is 163 Å². The molecule has 34 heavy (non-hydrogen) atoms. The second kappa shape index (κ2) is 18.2. The molecule has 3 heteroatoms. The zero-order valence-electron chi connectivity index (χ0n) is 24.3. The molecule has 0 aliphatic heterocycles. The zero-order valence-corrected chi connectivity index (χ0v) is 24.3. The summed E-state index contributed by atoms with van der Waals surface area (Å²) in [6.45, 7) is 11.6. The number of hydrogen-bond donors (Lipinski definition) is 1. The number of hydrogen-bond acceptors (Lipinski definition) is 3. The van der Waals surface area contributed by atoms with Gasteiger partial charge in [0.2, 0.25) is 0 Å². The van der Waals surface area contributed by atoms with Gasteiger partial charge in [-0.1, -0.05) is 97.8 Å². The van der Waals surface area contributed by atoms with Crippen molar-refractivity contribution >= 4 is 0 Å². The van der Waals surface area contributed by atoms with Crippen LogP contribution in [-0.4, -0.2) is 31.0 Å². The van der Waals surface area contributed by atoms with Crippen molar-refractivity contribution in [3.05, 3.63) is 0 Å². The van der Waals surface area contributed by atoms with Crippen LogP contribution < -0.4 is 5.73 Å². The van der Waals surface area contributed by atoms with Crippen LogP contribution in [0, 0.1) is 5.41 Å². The molecule has 0 aromatic heterocycles. The maximum atomic E-state index is 6.52. The molecule has 3 atom stereocenters. The molecule has 0 radical (unpaired) electrons. The zero-order chi connectivity index (χ0) is 25.3. The molecule has 3 nitrogen and oxygen atoms in total. The van der Waals surface area contributed by atoms with E-state index in [1.807, 2.05) is 0 Å². The van der Waals surface area contributed by atoms with Crippen LogP contribution in [0.4, 0.5) is 0 Å². The van der Waals surface area contributed by atoms with Crippen molar-refractivity contribution in [2.45, 2.75) is 187 Å². The Balaban J connectivity index is 2.31. The van der Waals surface area contributed by atoms with Gasteiger partial charge in [0.25, 0.3) is 0 Å². The van der Waals surface area contributed by atoms with Crippen molar-refractivity contribution in [2.24, 2.45) is 11.1 Å². The highest BCUT2D eigenvalue weighted by atomic mass is 16.5. The smallest absolute Gasteiger partial charge is 0.0994 e. The topological polar surface area (TPSA) is 44.5 Å². The van der Waals surface area contributed by atoms with E-state index in [1.165, 1.54) is 103 Å². The molecule has 0 aromatic rings. The third kappa shape index (κ3) is 12.7. The molecule has 1 rings (SSSR count). The highest BCUT2D eigenvalue weighted by Gasteiger charge is 2.36. The molecule has 1 fully saturated rings. The van der Waals surface area contributed by atoms with E-state index in [1.54, 1.807) is 7.11 Å². The summed E-state index contributed by atoms with van der Waals surface area (Å²) in [7, 11) is 1.80. The average molecular weight is 482 g/mol. The molecular weight excluding hydrogens is 418 g/mol. The summed E-state index contributed by atoms with van der Waals surface area (Å²) in [6.07, 6.45) is 26.9. The van der Waals surface area contributed by atoms with E-state index in [0.717, 1.165) is 25.7 Å². The Kier molecular flexibility index (Phi) is 17.1. The fraction of sp³-hybridized carbons (Fsp3) is 1.00. The summed E-state index contributed by atoms with van der Waals surface area (Å²) < 4.78 is 12.2. The van der Waals surface area contributed by atoms with E-state index < -0.39 is 0 Å². The van der Waals surface area contributed by atoms with Crippen LogP contribution in [0.2, 0.25) is 0 Å². The lowest BCUT2D eigenvalue weighted by atomic mass is 9.71. The molecular formula is C31H63NO2. The highest BCUT2D eigenvalue weighted by molar-refractivity contribution is 4.89. The van der Waals surface area contributed by atoms with Crippen LogP contribution in [0.5, 0.6) is 0 Å². The molecule has 0 bridgehead atoms. The van der Waals surface area contributed by atoms with Crippen LogP contribution in [0.25, 0.3) is 0 Å². The van der Waals surface area contributed by atoms with E-state index in [2.05, 4.69) is 34.6 Å². The Hall–Kier alpha value is -0.120. The first-order chi connectivity index (χ1) is 16.3. The fourth-order valence-corrected chi connectivity index (χ4v) is 6.16. The summed E-state index contributed by atoms with van der Waals surface area (Å²) >= 11 is 0. The van der Waals surface area contributed by atoms with Gasteiger partial charge in [0.1, 0.15) is 0 Å². The summed E-state index contributed by atoms with van der Waals surface area (Å²) in [5, 5.41) is 0. The Bertz CT molecular complexity index is 456. The van der Waals surface area contributed by atoms with Gasteiger partial charge >= 0.3 is 0 Å². The van der Waals surface area contributed by atoms with Crippen molar-refractivity contribution in [2.75, 3.05) is 7.11 Å². The predicted molar refractivity (Wildman–Crippen MR) is 150 cm³/mol. The van der Waals surface area contributed by atoms with E-state index in [9.17, 15) is 0 Å². The number of unbranched alkanes of at least 4 members (excludes halogenated alkanes) is 8. The van der Waals surface area contributed by atoms with E-state index >= 15 is 0 Å². The largest absolute Gasteiger partial charge is 0.379 e. The molecule has 0 saturated heterocycles. The van der Waals surface area contributed by atoms with E-state index in [-0.39, 0.29) is 23.9 Å². The van der Waals surface area contributed by atoms with Gasteiger partial charge in [-0.25, -0.2) is 0 Å². The second-order valence-corrected chi connectivity index (χ2v) is 12.1. The molecule has 0 spiro atoms.